The molecule has 1 aromatic carbocycles. The maximum absolute atomic E-state index is 13.5. The van der Waals surface area contributed by atoms with Gasteiger partial charge in [-0.3, -0.25) is 4.72 Å². The number of hydrogen-bond acceptors (Lipinski definition) is 4. The number of aliphatic hydroxyl groups is 1. The third-order valence-corrected chi connectivity index (χ3v) is 5.04. The first-order chi connectivity index (χ1) is 9.33. The van der Waals surface area contributed by atoms with Crippen LogP contribution in [0.25, 0.3) is 0 Å². The van der Waals surface area contributed by atoms with Crippen LogP contribution >= 0.6 is 22.9 Å². The van der Waals surface area contributed by atoms with Crippen LogP contribution in [0.3, 0.4) is 0 Å². The maximum Gasteiger partial charge on any atom is 0.262 e. The zero-order chi connectivity index (χ0) is 14.9. The molecule has 4 nitrogen and oxygen atoms in total. The van der Waals surface area contributed by atoms with Gasteiger partial charge in [0.1, 0.15) is 11.5 Å². The molecule has 2 rings (SSSR count). The van der Waals surface area contributed by atoms with Gasteiger partial charge in [-0.25, -0.2) is 17.2 Å². The lowest BCUT2D eigenvalue weighted by Gasteiger charge is -2.09. The fourth-order valence-electron chi connectivity index (χ4n) is 1.42. The normalized spacial score (nSPS) is 11.6. The fourth-order valence-corrected chi connectivity index (χ4v) is 3.94. The van der Waals surface area contributed by atoms with Gasteiger partial charge in [-0.05, 0) is 12.1 Å². The number of nitrogens with one attached hydrogen (secondary N) is 1. The average Bonchev–Trinajstić information content (AvgIpc) is 2.83. The van der Waals surface area contributed by atoms with Crippen molar-refractivity contribution in [2.45, 2.75) is 11.5 Å². The van der Waals surface area contributed by atoms with Crippen LogP contribution in [0.4, 0.5) is 14.5 Å². The number of anilines is 1. The Labute approximate surface area is 122 Å². The summed E-state index contributed by atoms with van der Waals surface area (Å²) in [5.41, 5.74) is -0.523. The van der Waals surface area contributed by atoms with Crippen LogP contribution in [0.1, 0.15) is 4.88 Å². The van der Waals surface area contributed by atoms with E-state index in [9.17, 15) is 17.2 Å². The SMILES string of the molecule is O=S(=O)(Nc1c(F)cc(F)cc1Cl)c1csc(CO)c1. The van der Waals surface area contributed by atoms with Gasteiger partial charge < -0.3 is 5.11 Å². The highest BCUT2D eigenvalue weighted by Gasteiger charge is 2.20. The first-order valence-electron chi connectivity index (χ1n) is 5.19. The van der Waals surface area contributed by atoms with Gasteiger partial charge in [-0.2, -0.15) is 0 Å². The molecule has 0 unspecified atom stereocenters. The van der Waals surface area contributed by atoms with E-state index in [2.05, 4.69) is 0 Å². The third-order valence-electron chi connectivity index (χ3n) is 2.34. The summed E-state index contributed by atoms with van der Waals surface area (Å²) < 4.78 is 52.4. The predicted octanol–water partition coefficient (Wildman–Crippen LogP) is 2.97. The summed E-state index contributed by atoms with van der Waals surface area (Å²) >= 11 is 6.66. The van der Waals surface area contributed by atoms with E-state index in [4.69, 9.17) is 16.7 Å². The molecule has 2 aromatic rings. The van der Waals surface area contributed by atoms with E-state index >= 15 is 0 Å². The van der Waals surface area contributed by atoms with Crippen molar-refractivity contribution in [2.24, 2.45) is 0 Å². The largest absolute Gasteiger partial charge is 0.391 e. The molecule has 0 aliphatic carbocycles. The van der Waals surface area contributed by atoms with Crippen molar-refractivity contribution in [3.8, 4) is 0 Å². The van der Waals surface area contributed by atoms with Crippen LogP contribution in [0, 0.1) is 11.6 Å². The molecule has 20 heavy (non-hydrogen) atoms. The van der Waals surface area contributed by atoms with Gasteiger partial charge in [0.2, 0.25) is 0 Å². The second-order valence-electron chi connectivity index (χ2n) is 3.76. The minimum atomic E-state index is -4.06. The van der Waals surface area contributed by atoms with E-state index in [1.54, 1.807) is 0 Å². The van der Waals surface area contributed by atoms with Crippen molar-refractivity contribution >= 4 is 38.6 Å². The molecule has 108 valence electrons. The molecule has 0 amide bonds. The van der Waals surface area contributed by atoms with Crippen LogP contribution in [-0.2, 0) is 16.6 Å². The zero-order valence-corrected chi connectivity index (χ0v) is 12.1. The van der Waals surface area contributed by atoms with Gasteiger partial charge in [0.05, 0.1) is 16.5 Å². The number of hydrogen-bond donors (Lipinski definition) is 2. The second-order valence-corrected chi connectivity index (χ2v) is 6.84. The molecule has 0 fully saturated rings. The molecule has 2 N–H and O–H groups in total. The van der Waals surface area contributed by atoms with Gasteiger partial charge in [0.25, 0.3) is 10.0 Å². The Hall–Kier alpha value is -1.22. The number of halogens is 3. The molecule has 1 aromatic heterocycles. The van der Waals surface area contributed by atoms with Crippen LogP contribution in [0.2, 0.25) is 5.02 Å². The summed E-state index contributed by atoms with van der Waals surface area (Å²) in [7, 11) is -4.06. The summed E-state index contributed by atoms with van der Waals surface area (Å²) in [6.45, 7) is -0.300. The number of aliphatic hydroxyl groups excluding tert-OH is 1. The minimum absolute atomic E-state index is 0.133. The highest BCUT2D eigenvalue weighted by atomic mass is 35.5. The van der Waals surface area contributed by atoms with Gasteiger partial charge in [0.15, 0.2) is 5.82 Å². The number of rotatable bonds is 4. The van der Waals surface area contributed by atoms with Crippen molar-refractivity contribution in [1.82, 2.24) is 0 Å². The van der Waals surface area contributed by atoms with Crippen LogP contribution in [0.5, 0.6) is 0 Å². The summed E-state index contributed by atoms with van der Waals surface area (Å²) in [6.07, 6.45) is 0. The maximum atomic E-state index is 13.5. The van der Waals surface area contributed by atoms with Gasteiger partial charge >= 0.3 is 0 Å². The van der Waals surface area contributed by atoms with Crippen molar-refractivity contribution < 1.29 is 22.3 Å². The fraction of sp³-hybridized carbons (Fsp3) is 0.0909. The minimum Gasteiger partial charge on any atom is -0.391 e. The standard InChI is InChI=1S/C11H8ClF2NO3S2/c12-9-1-6(13)2-10(14)11(9)15-20(17,18)8-3-7(4-16)19-5-8/h1-3,5,15-16H,4H2. The molecule has 9 heteroatoms. The molecular weight excluding hydrogens is 332 g/mol. The van der Waals surface area contributed by atoms with E-state index in [0.29, 0.717) is 10.9 Å². The molecule has 0 saturated carbocycles. The smallest absolute Gasteiger partial charge is 0.262 e. The van der Waals surface area contributed by atoms with Crippen molar-refractivity contribution in [3.63, 3.8) is 0 Å². The van der Waals surface area contributed by atoms with E-state index in [0.717, 1.165) is 17.4 Å². The Bertz CT molecular complexity index is 723. The topological polar surface area (TPSA) is 66.4 Å². The van der Waals surface area contributed by atoms with Crippen LogP contribution < -0.4 is 4.72 Å². The lowest BCUT2D eigenvalue weighted by molar-refractivity contribution is 0.285. The quantitative estimate of drug-likeness (QED) is 0.900. The summed E-state index contributed by atoms with van der Waals surface area (Å²) in [5.74, 6) is -2.02. The van der Waals surface area contributed by atoms with E-state index < -0.39 is 27.3 Å². The summed E-state index contributed by atoms with van der Waals surface area (Å²) in [5, 5.41) is 9.81. The predicted molar refractivity (Wildman–Crippen MR) is 72.4 cm³/mol. The van der Waals surface area contributed by atoms with Gasteiger partial charge in [-0.15, -0.1) is 11.3 Å². The Kier molecular flexibility index (Phi) is 4.28. The van der Waals surface area contributed by atoms with E-state index in [1.165, 1.54) is 11.4 Å². The number of sulfonamides is 1. The van der Waals surface area contributed by atoms with E-state index in [1.807, 2.05) is 4.72 Å². The third kappa shape index (κ3) is 3.09. The molecule has 0 bridgehead atoms. The van der Waals surface area contributed by atoms with Crippen molar-refractivity contribution in [2.75, 3.05) is 4.72 Å². The Morgan fingerprint density at radius 2 is 2.00 bits per heavy atom. The molecule has 0 saturated heterocycles. The van der Waals surface area contributed by atoms with Gasteiger partial charge in [-0.1, -0.05) is 11.6 Å². The molecular formula is C11H8ClF2NO3S2. The van der Waals surface area contributed by atoms with Crippen molar-refractivity contribution in [3.05, 3.63) is 45.1 Å². The zero-order valence-electron chi connectivity index (χ0n) is 9.73. The summed E-state index contributed by atoms with van der Waals surface area (Å²) in [4.78, 5) is 0.308. The molecule has 0 spiro atoms. The highest BCUT2D eigenvalue weighted by molar-refractivity contribution is 7.92. The second kappa shape index (κ2) is 5.65. The van der Waals surface area contributed by atoms with Crippen molar-refractivity contribution in [1.29, 1.82) is 0 Å². The lowest BCUT2D eigenvalue weighted by atomic mass is 10.3. The average molecular weight is 340 g/mol. The summed E-state index contributed by atoms with van der Waals surface area (Å²) in [6, 6.07) is 2.58. The highest BCUT2D eigenvalue weighted by Crippen LogP contribution is 2.29. The Morgan fingerprint density at radius 1 is 1.30 bits per heavy atom. The first-order valence-corrected chi connectivity index (χ1v) is 7.93. The van der Waals surface area contributed by atoms with Crippen LogP contribution in [0.15, 0.2) is 28.5 Å². The first kappa shape index (κ1) is 15.2. The molecule has 0 aliphatic rings. The monoisotopic (exact) mass is 339 g/mol. The number of thiophene rings is 1. The molecule has 0 radical (unpaired) electrons. The van der Waals surface area contributed by atoms with Gasteiger partial charge in [0, 0.05) is 16.3 Å². The molecule has 0 aliphatic heterocycles. The molecule has 0 atom stereocenters. The Morgan fingerprint density at radius 3 is 2.55 bits per heavy atom. The molecule has 1 heterocycles. The van der Waals surface area contributed by atoms with Crippen LogP contribution in [-0.4, -0.2) is 13.5 Å². The van der Waals surface area contributed by atoms with E-state index in [-0.39, 0.29) is 16.5 Å². The number of benzene rings is 1. The lowest BCUT2D eigenvalue weighted by Crippen LogP contribution is -2.13. The Balaban J connectivity index is 2.38.